The molecule has 162 valence electrons. The van der Waals surface area contributed by atoms with Crippen LogP contribution in [0.4, 0.5) is 0 Å². The molecule has 1 heterocycles. The number of hydrogen-bond acceptors (Lipinski definition) is 6. The first-order valence-electron chi connectivity index (χ1n) is 9.88. The van der Waals surface area contributed by atoms with Crippen LogP contribution >= 0.6 is 0 Å². The van der Waals surface area contributed by atoms with Crippen molar-refractivity contribution in [3.8, 4) is 17.2 Å². The van der Waals surface area contributed by atoms with Gasteiger partial charge in [-0.05, 0) is 36.8 Å². The van der Waals surface area contributed by atoms with Gasteiger partial charge in [0.2, 0.25) is 0 Å². The first-order valence-corrected chi connectivity index (χ1v) is 9.88. The fourth-order valence-electron chi connectivity index (χ4n) is 2.89. The van der Waals surface area contributed by atoms with Crippen molar-refractivity contribution in [3.63, 3.8) is 0 Å². The summed E-state index contributed by atoms with van der Waals surface area (Å²) in [6, 6.07) is 14.5. The molecule has 1 aromatic heterocycles. The molecule has 2 N–H and O–H groups in total. The molecular formula is C23H25N3O5. The summed E-state index contributed by atoms with van der Waals surface area (Å²) in [6.07, 6.45) is 2.37. The van der Waals surface area contributed by atoms with Gasteiger partial charge in [-0.2, -0.15) is 0 Å². The molecule has 0 aliphatic carbocycles. The zero-order valence-electron chi connectivity index (χ0n) is 17.5. The zero-order valence-corrected chi connectivity index (χ0v) is 17.5. The SMILES string of the molecule is CNC(=O)COc1ccc(C(=O)NCCCOc2cccc3cccnc23)cc1OC. The van der Waals surface area contributed by atoms with E-state index in [1.807, 2.05) is 30.3 Å². The highest BCUT2D eigenvalue weighted by molar-refractivity contribution is 5.94. The average Bonchev–Trinajstić information content (AvgIpc) is 2.82. The van der Waals surface area contributed by atoms with Crippen LogP contribution < -0.4 is 24.8 Å². The molecule has 0 atom stereocenters. The van der Waals surface area contributed by atoms with Gasteiger partial charge in [0, 0.05) is 30.7 Å². The van der Waals surface area contributed by atoms with Crippen molar-refractivity contribution in [2.24, 2.45) is 0 Å². The predicted octanol–water partition coefficient (Wildman–Crippen LogP) is 2.57. The second kappa shape index (κ2) is 10.8. The Morgan fingerprint density at radius 2 is 1.84 bits per heavy atom. The summed E-state index contributed by atoms with van der Waals surface area (Å²) < 4.78 is 16.5. The van der Waals surface area contributed by atoms with E-state index in [4.69, 9.17) is 14.2 Å². The lowest BCUT2D eigenvalue weighted by Gasteiger charge is -2.12. The number of pyridine rings is 1. The molecule has 3 rings (SSSR count). The van der Waals surface area contributed by atoms with Crippen molar-refractivity contribution < 1.29 is 23.8 Å². The van der Waals surface area contributed by atoms with E-state index in [2.05, 4.69) is 15.6 Å². The third-order valence-electron chi connectivity index (χ3n) is 4.52. The first kappa shape index (κ1) is 21.9. The molecule has 0 aliphatic rings. The van der Waals surface area contributed by atoms with E-state index in [-0.39, 0.29) is 18.4 Å². The second-order valence-corrected chi connectivity index (χ2v) is 6.62. The summed E-state index contributed by atoms with van der Waals surface area (Å²) in [6.45, 7) is 0.768. The van der Waals surface area contributed by atoms with Gasteiger partial charge in [0.05, 0.1) is 13.7 Å². The van der Waals surface area contributed by atoms with E-state index >= 15 is 0 Å². The summed E-state index contributed by atoms with van der Waals surface area (Å²) in [5.74, 6) is 0.998. The molecule has 0 radical (unpaired) electrons. The maximum atomic E-state index is 12.4. The number of aromatic nitrogens is 1. The molecule has 31 heavy (non-hydrogen) atoms. The minimum atomic E-state index is -0.259. The number of fused-ring (bicyclic) bond motifs is 1. The van der Waals surface area contributed by atoms with Crippen LogP contribution in [0.1, 0.15) is 16.8 Å². The third kappa shape index (κ3) is 5.85. The third-order valence-corrected chi connectivity index (χ3v) is 4.52. The maximum Gasteiger partial charge on any atom is 0.257 e. The Balaban J connectivity index is 1.48. The average molecular weight is 423 g/mol. The van der Waals surface area contributed by atoms with E-state index < -0.39 is 0 Å². The molecule has 8 heteroatoms. The van der Waals surface area contributed by atoms with Crippen LogP contribution in [0.15, 0.2) is 54.7 Å². The summed E-state index contributed by atoms with van der Waals surface area (Å²) in [7, 11) is 3.00. The Morgan fingerprint density at radius 1 is 1.00 bits per heavy atom. The molecule has 2 aromatic carbocycles. The second-order valence-electron chi connectivity index (χ2n) is 6.62. The number of rotatable bonds is 10. The van der Waals surface area contributed by atoms with Gasteiger partial charge >= 0.3 is 0 Å². The Bertz CT molecular complexity index is 1050. The van der Waals surface area contributed by atoms with Crippen LogP contribution in [0, 0.1) is 0 Å². The van der Waals surface area contributed by atoms with Gasteiger partial charge in [-0.3, -0.25) is 14.6 Å². The van der Waals surface area contributed by atoms with Gasteiger partial charge in [-0.1, -0.05) is 18.2 Å². The highest BCUT2D eigenvalue weighted by Crippen LogP contribution is 2.28. The minimum Gasteiger partial charge on any atom is -0.493 e. The largest absolute Gasteiger partial charge is 0.493 e. The molecule has 0 spiro atoms. The summed E-state index contributed by atoms with van der Waals surface area (Å²) in [5.41, 5.74) is 1.25. The van der Waals surface area contributed by atoms with E-state index in [1.165, 1.54) is 14.2 Å². The molecule has 0 bridgehead atoms. The number of likely N-dealkylation sites (N-methyl/N-ethyl adjacent to an activating group) is 1. The number of carbonyl (C=O) groups excluding carboxylic acids is 2. The number of ether oxygens (including phenoxy) is 3. The molecule has 2 amide bonds. The smallest absolute Gasteiger partial charge is 0.257 e. The number of amides is 2. The maximum absolute atomic E-state index is 12.4. The van der Waals surface area contributed by atoms with Crippen LogP contribution in [0.5, 0.6) is 17.2 Å². The van der Waals surface area contributed by atoms with Gasteiger partial charge in [0.15, 0.2) is 18.1 Å². The number of nitrogens with one attached hydrogen (secondary N) is 2. The van der Waals surface area contributed by atoms with E-state index in [0.29, 0.717) is 36.6 Å². The standard InChI is InChI=1S/C23H25N3O5/c1-24-21(27)15-31-18-10-9-17(14-20(18)29-2)23(28)26-12-5-13-30-19-8-3-6-16-7-4-11-25-22(16)19/h3-4,6-11,14H,5,12-13,15H2,1-2H3,(H,24,27)(H,26,28). The summed E-state index contributed by atoms with van der Waals surface area (Å²) in [4.78, 5) is 28.1. The fraction of sp³-hybridized carbons (Fsp3) is 0.261. The molecule has 0 fully saturated rings. The van der Waals surface area contributed by atoms with Gasteiger partial charge in [0.25, 0.3) is 11.8 Å². The van der Waals surface area contributed by atoms with Crippen molar-refractivity contribution in [2.75, 3.05) is 33.9 Å². The molecule has 8 nitrogen and oxygen atoms in total. The molecule has 0 aliphatic heterocycles. The number of carbonyl (C=O) groups is 2. The van der Waals surface area contributed by atoms with Gasteiger partial charge in [0.1, 0.15) is 11.3 Å². The highest BCUT2D eigenvalue weighted by Gasteiger charge is 2.12. The number of benzene rings is 2. The van der Waals surface area contributed by atoms with Crippen molar-refractivity contribution in [3.05, 3.63) is 60.3 Å². The van der Waals surface area contributed by atoms with Crippen molar-refractivity contribution in [1.29, 1.82) is 0 Å². The first-order chi connectivity index (χ1) is 15.1. The van der Waals surface area contributed by atoms with Crippen LogP contribution in [-0.4, -0.2) is 50.7 Å². The number of nitrogens with zero attached hydrogens (tertiary/aromatic N) is 1. The number of para-hydroxylation sites is 1. The normalized spacial score (nSPS) is 10.4. The lowest BCUT2D eigenvalue weighted by atomic mass is 10.2. The fourth-order valence-corrected chi connectivity index (χ4v) is 2.89. The zero-order chi connectivity index (χ0) is 22.1. The molecule has 3 aromatic rings. The number of methoxy groups -OCH3 is 1. The van der Waals surface area contributed by atoms with Crippen LogP contribution in [0.3, 0.4) is 0 Å². The molecular weight excluding hydrogens is 398 g/mol. The van der Waals surface area contributed by atoms with Gasteiger partial charge in [-0.25, -0.2) is 0 Å². The lowest BCUT2D eigenvalue weighted by Crippen LogP contribution is -2.26. The Morgan fingerprint density at radius 3 is 2.65 bits per heavy atom. The van der Waals surface area contributed by atoms with Crippen molar-refractivity contribution >= 4 is 22.7 Å². The Kier molecular flexibility index (Phi) is 7.64. The Labute approximate surface area is 180 Å². The topological polar surface area (TPSA) is 98.8 Å². The molecule has 0 saturated carbocycles. The quantitative estimate of drug-likeness (QED) is 0.487. The van der Waals surface area contributed by atoms with Crippen LogP contribution in [0.2, 0.25) is 0 Å². The van der Waals surface area contributed by atoms with Crippen molar-refractivity contribution in [1.82, 2.24) is 15.6 Å². The summed E-state index contributed by atoms with van der Waals surface area (Å²) in [5, 5.41) is 6.35. The molecule has 0 unspecified atom stereocenters. The predicted molar refractivity (Wildman–Crippen MR) is 117 cm³/mol. The highest BCUT2D eigenvalue weighted by atomic mass is 16.5. The van der Waals surface area contributed by atoms with Crippen LogP contribution in [0.25, 0.3) is 10.9 Å². The van der Waals surface area contributed by atoms with Crippen molar-refractivity contribution in [2.45, 2.75) is 6.42 Å². The van der Waals surface area contributed by atoms with E-state index in [9.17, 15) is 9.59 Å². The van der Waals surface area contributed by atoms with Gasteiger partial charge < -0.3 is 24.8 Å². The minimum absolute atomic E-state index is 0.134. The lowest BCUT2D eigenvalue weighted by molar-refractivity contribution is -0.122. The number of hydrogen-bond donors (Lipinski definition) is 2. The van der Waals surface area contributed by atoms with Gasteiger partial charge in [-0.15, -0.1) is 0 Å². The van der Waals surface area contributed by atoms with E-state index in [0.717, 1.165) is 16.7 Å². The summed E-state index contributed by atoms with van der Waals surface area (Å²) >= 11 is 0. The Hall–Kier alpha value is -3.81. The monoisotopic (exact) mass is 423 g/mol. The van der Waals surface area contributed by atoms with E-state index in [1.54, 1.807) is 24.4 Å². The van der Waals surface area contributed by atoms with Crippen LogP contribution in [-0.2, 0) is 4.79 Å². The molecule has 0 saturated heterocycles.